The molecule has 2 aromatic heterocycles. The third-order valence-corrected chi connectivity index (χ3v) is 6.83. The van der Waals surface area contributed by atoms with Crippen LogP contribution in [0.2, 0.25) is 0 Å². The van der Waals surface area contributed by atoms with Gasteiger partial charge in [0, 0.05) is 18.3 Å². The highest BCUT2D eigenvalue weighted by Gasteiger charge is 2.29. The van der Waals surface area contributed by atoms with Gasteiger partial charge in [0.15, 0.2) is 5.82 Å². The number of anilines is 1. The molecule has 0 aliphatic heterocycles. The van der Waals surface area contributed by atoms with Crippen LogP contribution in [-0.2, 0) is 11.3 Å². The van der Waals surface area contributed by atoms with Crippen molar-refractivity contribution in [3.05, 3.63) is 34.9 Å². The van der Waals surface area contributed by atoms with Crippen LogP contribution < -0.4 is 15.6 Å². The van der Waals surface area contributed by atoms with Crippen LogP contribution in [-0.4, -0.2) is 42.8 Å². The molecule has 0 radical (unpaired) electrons. The van der Waals surface area contributed by atoms with Crippen molar-refractivity contribution >= 4 is 11.7 Å². The number of nitrogens with one attached hydrogen (secondary N) is 1. The van der Waals surface area contributed by atoms with Crippen LogP contribution in [0.5, 0.6) is 5.75 Å². The maximum absolute atomic E-state index is 13.3. The number of carbonyl (C=O) groups excluding carboxylic acids is 1. The van der Waals surface area contributed by atoms with E-state index >= 15 is 0 Å². The molecule has 2 N–H and O–H groups in total. The SMILES string of the molecule is CC(C)(O)Cn1ccc(NC(=O)C(CC2CCCC2)n2ncc(OCC3CCCC3)cc2=O)n1. The van der Waals surface area contributed by atoms with Crippen molar-refractivity contribution < 1.29 is 14.6 Å². The Kier molecular flexibility index (Phi) is 7.70. The van der Waals surface area contributed by atoms with Gasteiger partial charge in [-0.25, -0.2) is 4.68 Å². The van der Waals surface area contributed by atoms with Crippen molar-refractivity contribution in [2.24, 2.45) is 11.8 Å². The molecule has 186 valence electrons. The summed E-state index contributed by atoms with van der Waals surface area (Å²) in [5.74, 6) is 1.46. The van der Waals surface area contributed by atoms with Gasteiger partial charge in [-0.2, -0.15) is 10.2 Å². The molecule has 2 aliphatic rings. The summed E-state index contributed by atoms with van der Waals surface area (Å²) in [7, 11) is 0. The van der Waals surface area contributed by atoms with Gasteiger partial charge < -0.3 is 15.2 Å². The second kappa shape index (κ2) is 10.7. The summed E-state index contributed by atoms with van der Waals surface area (Å²) >= 11 is 0. The van der Waals surface area contributed by atoms with Gasteiger partial charge in [-0.05, 0) is 44.9 Å². The van der Waals surface area contributed by atoms with E-state index in [1.807, 2.05) is 0 Å². The van der Waals surface area contributed by atoms with E-state index in [1.165, 1.54) is 36.4 Å². The predicted molar refractivity (Wildman–Crippen MR) is 129 cm³/mol. The number of ether oxygens (including phenoxy) is 1. The Morgan fingerprint density at radius 1 is 1.21 bits per heavy atom. The molecule has 2 aromatic rings. The largest absolute Gasteiger partial charge is 0.491 e. The van der Waals surface area contributed by atoms with Crippen LogP contribution in [0.3, 0.4) is 0 Å². The highest BCUT2D eigenvalue weighted by molar-refractivity contribution is 5.92. The molecule has 0 aromatic carbocycles. The number of aromatic nitrogens is 4. The van der Waals surface area contributed by atoms with E-state index in [2.05, 4.69) is 15.5 Å². The molecule has 0 spiro atoms. The fraction of sp³-hybridized carbons (Fsp3) is 0.680. The number of hydrogen-bond acceptors (Lipinski definition) is 6. The highest BCUT2D eigenvalue weighted by Crippen LogP contribution is 2.32. The molecule has 4 rings (SSSR count). The van der Waals surface area contributed by atoms with E-state index in [-0.39, 0.29) is 11.5 Å². The lowest BCUT2D eigenvalue weighted by molar-refractivity contribution is -0.120. The molecule has 9 nitrogen and oxygen atoms in total. The first-order valence-electron chi connectivity index (χ1n) is 12.6. The van der Waals surface area contributed by atoms with Crippen molar-refractivity contribution in [1.82, 2.24) is 19.6 Å². The summed E-state index contributed by atoms with van der Waals surface area (Å²) in [4.78, 5) is 26.3. The number of hydrogen-bond donors (Lipinski definition) is 2. The van der Waals surface area contributed by atoms with E-state index in [9.17, 15) is 14.7 Å². The number of rotatable bonds is 10. The zero-order chi connectivity index (χ0) is 24.1. The molecule has 2 fully saturated rings. The van der Waals surface area contributed by atoms with E-state index in [4.69, 9.17) is 4.74 Å². The van der Waals surface area contributed by atoms with Gasteiger partial charge in [0.2, 0.25) is 0 Å². The Bertz CT molecular complexity index is 1010. The van der Waals surface area contributed by atoms with Gasteiger partial charge >= 0.3 is 0 Å². The Labute approximate surface area is 200 Å². The van der Waals surface area contributed by atoms with Gasteiger partial charge in [0.1, 0.15) is 11.8 Å². The Morgan fingerprint density at radius 2 is 1.88 bits per heavy atom. The Hall–Kier alpha value is -2.68. The normalized spacial score (nSPS) is 18.3. The lowest BCUT2D eigenvalue weighted by Crippen LogP contribution is -2.36. The molecule has 9 heteroatoms. The number of nitrogens with zero attached hydrogens (tertiary/aromatic N) is 4. The summed E-state index contributed by atoms with van der Waals surface area (Å²) in [6.45, 7) is 4.30. The quantitative estimate of drug-likeness (QED) is 0.548. The van der Waals surface area contributed by atoms with Crippen molar-refractivity contribution in [3.63, 3.8) is 0 Å². The maximum Gasteiger partial charge on any atom is 0.271 e. The smallest absolute Gasteiger partial charge is 0.271 e. The molecule has 0 bridgehead atoms. The number of amides is 1. The zero-order valence-corrected chi connectivity index (χ0v) is 20.3. The summed E-state index contributed by atoms with van der Waals surface area (Å²) in [6.07, 6.45) is 13.0. The highest BCUT2D eigenvalue weighted by atomic mass is 16.5. The third kappa shape index (κ3) is 6.68. The molecule has 0 saturated heterocycles. The third-order valence-electron chi connectivity index (χ3n) is 6.83. The molecular formula is C25H37N5O4. The molecule has 34 heavy (non-hydrogen) atoms. The molecule has 1 amide bonds. The monoisotopic (exact) mass is 471 g/mol. The van der Waals surface area contributed by atoms with Crippen LogP contribution >= 0.6 is 0 Å². The lowest BCUT2D eigenvalue weighted by Gasteiger charge is -2.21. The number of carbonyl (C=O) groups is 1. The minimum Gasteiger partial charge on any atom is -0.491 e. The van der Waals surface area contributed by atoms with Crippen molar-refractivity contribution in [2.75, 3.05) is 11.9 Å². The summed E-state index contributed by atoms with van der Waals surface area (Å²) in [5, 5.41) is 21.5. The van der Waals surface area contributed by atoms with Crippen molar-refractivity contribution in [2.45, 2.75) is 89.8 Å². The average Bonchev–Trinajstić information content (AvgIpc) is 3.54. The molecule has 1 atom stereocenters. The van der Waals surface area contributed by atoms with Crippen LogP contribution in [0, 0.1) is 11.8 Å². The van der Waals surface area contributed by atoms with Crippen molar-refractivity contribution in [1.29, 1.82) is 0 Å². The maximum atomic E-state index is 13.3. The average molecular weight is 472 g/mol. The van der Waals surface area contributed by atoms with Crippen molar-refractivity contribution in [3.8, 4) is 5.75 Å². The van der Waals surface area contributed by atoms with Crippen LogP contribution in [0.1, 0.15) is 77.7 Å². The fourth-order valence-corrected chi connectivity index (χ4v) is 5.11. The van der Waals surface area contributed by atoms with E-state index < -0.39 is 11.6 Å². The fourth-order valence-electron chi connectivity index (χ4n) is 5.11. The first kappa shape index (κ1) is 24.4. The molecule has 1 unspecified atom stereocenters. The van der Waals surface area contributed by atoms with Gasteiger partial charge in [-0.1, -0.05) is 38.5 Å². The molecule has 2 saturated carbocycles. The first-order valence-corrected chi connectivity index (χ1v) is 12.6. The van der Waals surface area contributed by atoms with Crippen LogP contribution in [0.15, 0.2) is 29.3 Å². The second-order valence-corrected chi connectivity index (χ2v) is 10.5. The minimum absolute atomic E-state index is 0.303. The van der Waals surface area contributed by atoms with Gasteiger partial charge in [0.25, 0.3) is 11.5 Å². The van der Waals surface area contributed by atoms with Gasteiger partial charge in [-0.3, -0.25) is 14.3 Å². The first-order chi connectivity index (χ1) is 16.3. The van der Waals surface area contributed by atoms with Gasteiger partial charge in [-0.15, -0.1) is 0 Å². The molecular weight excluding hydrogens is 434 g/mol. The molecule has 2 heterocycles. The minimum atomic E-state index is -0.920. The lowest BCUT2D eigenvalue weighted by atomic mass is 9.98. The van der Waals surface area contributed by atoms with Gasteiger partial charge in [0.05, 0.1) is 24.9 Å². The predicted octanol–water partition coefficient (Wildman–Crippen LogP) is 3.54. The van der Waals surface area contributed by atoms with E-state index in [0.717, 1.165) is 25.7 Å². The zero-order valence-electron chi connectivity index (χ0n) is 20.3. The molecule has 2 aliphatic carbocycles. The topological polar surface area (TPSA) is 111 Å². The Balaban J connectivity index is 1.47. The summed E-state index contributed by atoms with van der Waals surface area (Å²) in [6, 6.07) is 2.40. The van der Waals surface area contributed by atoms with Crippen LogP contribution in [0.4, 0.5) is 5.82 Å². The summed E-state index contributed by atoms with van der Waals surface area (Å²) < 4.78 is 8.70. The second-order valence-electron chi connectivity index (χ2n) is 10.5. The Morgan fingerprint density at radius 3 is 2.53 bits per heavy atom. The van der Waals surface area contributed by atoms with E-state index in [0.29, 0.717) is 43.0 Å². The summed E-state index contributed by atoms with van der Waals surface area (Å²) in [5.41, 5.74) is -1.26. The number of aliphatic hydroxyl groups is 1. The van der Waals surface area contributed by atoms with Crippen LogP contribution in [0.25, 0.3) is 0 Å². The van der Waals surface area contributed by atoms with E-state index in [1.54, 1.807) is 37.0 Å². The standard InChI is InChI=1S/C25H37N5O4/c1-25(2,33)17-29-12-11-22(28-29)27-24(32)21(13-18-7-3-4-8-18)30-23(31)14-20(15-26-30)34-16-19-9-5-6-10-19/h11-12,14-15,18-19,21,33H,3-10,13,16-17H2,1-2H3,(H,27,28,32).